The van der Waals surface area contributed by atoms with Gasteiger partial charge in [0.25, 0.3) is 0 Å². The van der Waals surface area contributed by atoms with Crippen LogP contribution in [0.2, 0.25) is 0 Å². The molecule has 2 saturated heterocycles. The quantitative estimate of drug-likeness (QED) is 0.125. The maximum atomic E-state index is 13.7. The second-order valence-electron chi connectivity index (χ2n) is 20.9. The van der Waals surface area contributed by atoms with Crippen LogP contribution in [0.15, 0.2) is 0 Å². The Hall–Kier alpha value is -0.890. The molecular weight excluding hydrogens is 744 g/mol. The zero-order valence-corrected chi connectivity index (χ0v) is 34.6. The van der Waals surface area contributed by atoms with Crippen molar-refractivity contribution < 1.29 is 74.8 Å². The third-order valence-electron chi connectivity index (χ3n) is 17.6. The lowest BCUT2D eigenvalue weighted by Crippen LogP contribution is -2.63. The van der Waals surface area contributed by atoms with Crippen LogP contribution in [0.4, 0.5) is 0 Å². The summed E-state index contributed by atoms with van der Waals surface area (Å²) in [6.07, 6.45) is -9.74. The van der Waals surface area contributed by atoms with Gasteiger partial charge in [0.05, 0.1) is 31.5 Å². The number of fused-ring (bicyclic) bond motifs is 2. The molecule has 7 fully saturated rings. The minimum atomic E-state index is -1.63. The molecule has 0 aromatic carbocycles. The molecule has 7 rings (SSSR count). The summed E-state index contributed by atoms with van der Waals surface area (Å²) in [6.45, 7) is 12.9. The second kappa shape index (κ2) is 14.9. The minimum Gasteiger partial charge on any atom is -0.394 e. The van der Waals surface area contributed by atoms with Gasteiger partial charge < -0.3 is 70.0 Å². The van der Waals surface area contributed by atoms with Gasteiger partial charge in [-0.25, -0.2) is 0 Å². The Bertz CT molecular complexity index is 1490. The van der Waals surface area contributed by atoms with Crippen LogP contribution in [-0.4, -0.2) is 155 Å². The number of carbonyl (C=O) groups is 1. The first-order valence-electron chi connectivity index (χ1n) is 21.3. The van der Waals surface area contributed by atoms with Crippen molar-refractivity contribution in [3.05, 3.63) is 0 Å². The van der Waals surface area contributed by atoms with E-state index in [1.807, 2.05) is 0 Å². The molecule has 2 aliphatic heterocycles. The molecule has 0 amide bonds. The molecule has 5 saturated carbocycles. The van der Waals surface area contributed by atoms with Crippen LogP contribution in [0.1, 0.15) is 106 Å². The van der Waals surface area contributed by atoms with E-state index in [0.29, 0.717) is 25.7 Å². The van der Waals surface area contributed by atoms with E-state index in [1.165, 1.54) is 0 Å². The van der Waals surface area contributed by atoms with Crippen molar-refractivity contribution in [1.29, 1.82) is 0 Å². The molecule has 57 heavy (non-hydrogen) atoms. The molecule has 7 aliphatic rings. The van der Waals surface area contributed by atoms with Crippen LogP contribution in [-0.2, 0) is 23.7 Å². The highest BCUT2D eigenvalue weighted by Gasteiger charge is 2.84. The van der Waals surface area contributed by atoms with Crippen molar-refractivity contribution in [1.82, 2.24) is 0 Å². The fourth-order valence-corrected chi connectivity index (χ4v) is 14.4. The van der Waals surface area contributed by atoms with Crippen LogP contribution in [0.25, 0.3) is 0 Å². The van der Waals surface area contributed by atoms with Crippen molar-refractivity contribution in [2.45, 2.75) is 192 Å². The highest BCUT2D eigenvalue weighted by Crippen LogP contribution is 2.89. The van der Waals surface area contributed by atoms with Gasteiger partial charge in [-0.05, 0) is 116 Å². The predicted octanol–water partition coefficient (Wildman–Crippen LogP) is 0.133. The summed E-state index contributed by atoms with van der Waals surface area (Å²) in [4.78, 5) is 13.7. The van der Waals surface area contributed by atoms with Gasteiger partial charge in [-0.1, -0.05) is 34.6 Å². The zero-order valence-electron chi connectivity index (χ0n) is 34.6. The first-order valence-corrected chi connectivity index (χ1v) is 21.3. The van der Waals surface area contributed by atoms with Crippen molar-refractivity contribution in [2.24, 2.45) is 50.7 Å². The number of aliphatic hydroxyl groups is 10. The third kappa shape index (κ3) is 6.46. The van der Waals surface area contributed by atoms with Crippen molar-refractivity contribution >= 4 is 5.78 Å². The Morgan fingerprint density at radius 1 is 0.754 bits per heavy atom. The Morgan fingerprint density at radius 3 is 1.93 bits per heavy atom. The van der Waals surface area contributed by atoms with Crippen LogP contribution < -0.4 is 0 Å². The van der Waals surface area contributed by atoms with Gasteiger partial charge in [0.2, 0.25) is 0 Å². The number of ether oxygens (including phenoxy) is 4. The maximum absolute atomic E-state index is 13.7. The van der Waals surface area contributed by atoms with Gasteiger partial charge in [0.15, 0.2) is 18.4 Å². The zero-order chi connectivity index (χ0) is 42.0. The number of rotatable bonds is 11. The number of hydrogen-bond donors (Lipinski definition) is 10. The monoisotopic (exact) mass is 814 g/mol. The number of hydrogen-bond acceptors (Lipinski definition) is 15. The van der Waals surface area contributed by atoms with E-state index in [-0.39, 0.29) is 63.6 Å². The van der Waals surface area contributed by atoms with Crippen LogP contribution >= 0.6 is 0 Å². The molecule has 2 spiro atoms. The van der Waals surface area contributed by atoms with E-state index in [4.69, 9.17) is 18.9 Å². The summed E-state index contributed by atoms with van der Waals surface area (Å²) in [5, 5.41) is 106. The fraction of sp³-hybridized carbons (Fsp3) is 0.976. The average molecular weight is 815 g/mol. The van der Waals surface area contributed by atoms with Gasteiger partial charge in [-0.15, -0.1) is 0 Å². The van der Waals surface area contributed by atoms with E-state index in [1.54, 1.807) is 13.8 Å². The summed E-state index contributed by atoms with van der Waals surface area (Å²) >= 11 is 0. The number of Topliss-reactive ketones (excluding diaryl/α,β-unsaturated/α-hetero) is 1. The van der Waals surface area contributed by atoms with Crippen LogP contribution in [0.5, 0.6) is 0 Å². The highest BCUT2D eigenvalue weighted by molar-refractivity contribution is 5.86. The third-order valence-corrected chi connectivity index (χ3v) is 17.6. The van der Waals surface area contributed by atoms with Crippen LogP contribution in [0, 0.1) is 50.7 Å². The van der Waals surface area contributed by atoms with E-state index >= 15 is 0 Å². The summed E-state index contributed by atoms with van der Waals surface area (Å²) in [5.41, 5.74) is -2.67. The van der Waals surface area contributed by atoms with Gasteiger partial charge in [-0.2, -0.15) is 0 Å². The second-order valence-corrected chi connectivity index (χ2v) is 20.9. The molecule has 15 heteroatoms. The average Bonchev–Trinajstić information content (AvgIpc) is 3.74. The molecule has 0 bridgehead atoms. The normalized spacial score (nSPS) is 53.6. The maximum Gasteiger partial charge on any atom is 0.187 e. The predicted molar refractivity (Wildman–Crippen MR) is 201 cm³/mol. The van der Waals surface area contributed by atoms with Crippen molar-refractivity contribution in [2.75, 3.05) is 13.2 Å². The molecule has 0 unspecified atom stereocenters. The lowest BCUT2D eigenvalue weighted by atomic mass is 9.41. The smallest absolute Gasteiger partial charge is 0.187 e. The number of carbonyl (C=O) groups excluding carboxylic acids is 1. The molecule has 328 valence electrons. The van der Waals surface area contributed by atoms with Gasteiger partial charge >= 0.3 is 0 Å². The minimum absolute atomic E-state index is 0.0203. The molecule has 2 heterocycles. The topological polar surface area (TPSA) is 256 Å². The van der Waals surface area contributed by atoms with Crippen molar-refractivity contribution in [3.8, 4) is 0 Å². The molecule has 0 radical (unpaired) electrons. The summed E-state index contributed by atoms with van der Waals surface area (Å²) in [6, 6.07) is 0. The Morgan fingerprint density at radius 2 is 1.33 bits per heavy atom. The number of aliphatic hydroxyl groups excluding tert-OH is 10. The molecular formula is C42H70O15. The molecule has 5 aliphatic carbocycles. The first kappa shape index (κ1) is 44.2. The Balaban J connectivity index is 1.03. The summed E-state index contributed by atoms with van der Waals surface area (Å²) in [7, 11) is 0. The molecule has 0 aromatic heterocycles. The molecule has 15 nitrogen and oxygen atoms in total. The van der Waals surface area contributed by atoms with E-state index in [0.717, 1.165) is 25.7 Å². The SMILES string of the molecule is C[C@H](CCC(=O)C(C)(C)O[C@H]1O[C@@H](CO)[C@H](O)[C@@H](O)[C@@H]1O)[C@H]1[C@@H](O)C[C@@]2(C)[C@@H]3[C@@H](O)C[C@H]4C(C)(C)[C@@H](O[C@@H]5O[C@H](CO)[C@@H](O)[C@H](O)[C@H]5O)CC[C@@]45C[C@@]35CC[C@]12C. The molecule has 21 atom stereocenters. The molecule has 0 aromatic rings. The first-order chi connectivity index (χ1) is 26.5. The molecule has 10 N–H and O–H groups in total. The number of ketones is 1. The highest BCUT2D eigenvalue weighted by atomic mass is 16.7. The van der Waals surface area contributed by atoms with E-state index < -0.39 is 97.8 Å². The van der Waals surface area contributed by atoms with Crippen molar-refractivity contribution in [3.63, 3.8) is 0 Å². The Kier molecular flexibility index (Phi) is 11.5. The van der Waals surface area contributed by atoms with E-state index in [2.05, 4.69) is 34.6 Å². The fourth-order valence-electron chi connectivity index (χ4n) is 14.4. The van der Waals surface area contributed by atoms with Gasteiger partial charge in [0.1, 0.15) is 54.4 Å². The largest absolute Gasteiger partial charge is 0.394 e. The summed E-state index contributed by atoms with van der Waals surface area (Å²) in [5.74, 6) is -0.354. The van der Waals surface area contributed by atoms with Gasteiger partial charge in [0, 0.05) is 6.42 Å². The van der Waals surface area contributed by atoms with Crippen LogP contribution in [0.3, 0.4) is 0 Å². The lowest BCUT2D eigenvalue weighted by Gasteiger charge is -2.64. The standard InChI is InChI=1S/C42H70O15/c1-19(8-9-25(47)38(4,5)57-36-33(53)31(51)29(49)23(17-44)55-36)27-21(46)15-40(7)34-20(45)14-24-37(2,3)26(56-35-32(52)30(50)28(48)22(16-43)54-35)10-11-41(24)18-42(34,41)13-12-39(27,40)6/h19-24,26-36,43-46,48-53H,8-18H2,1-7H3/t19-,20+,21+,22-,23+,24+,26+,27+,28-,29+,30+,31-,32-,33+,34+,35+,36-,39-,40+,41-,42+/m1/s1. The Labute approximate surface area is 335 Å². The van der Waals surface area contributed by atoms with Gasteiger partial charge in [-0.3, -0.25) is 4.79 Å². The van der Waals surface area contributed by atoms with E-state index in [9.17, 15) is 55.9 Å². The summed E-state index contributed by atoms with van der Waals surface area (Å²) < 4.78 is 23.5. The lowest BCUT2D eigenvalue weighted by molar-refractivity contribution is -0.327.